The number of rotatable bonds is 6. The van der Waals surface area contributed by atoms with Crippen LogP contribution in [0.3, 0.4) is 0 Å². The Hall–Kier alpha value is -2.89. The Morgan fingerprint density at radius 3 is 2.67 bits per heavy atom. The van der Waals surface area contributed by atoms with E-state index in [9.17, 15) is 4.79 Å². The molecule has 2 heterocycles. The van der Waals surface area contributed by atoms with Crippen molar-refractivity contribution < 1.29 is 9.21 Å². The van der Waals surface area contributed by atoms with Gasteiger partial charge in [0.05, 0.1) is 6.54 Å². The molecular weight excluding hydrogens is 304 g/mol. The Labute approximate surface area is 140 Å². The van der Waals surface area contributed by atoms with Gasteiger partial charge in [0, 0.05) is 36.8 Å². The molecule has 0 bridgehead atoms. The van der Waals surface area contributed by atoms with Crippen LogP contribution < -0.4 is 5.32 Å². The number of hydrogen-bond donors (Lipinski definition) is 1. The first-order valence-corrected chi connectivity index (χ1v) is 7.89. The van der Waals surface area contributed by atoms with Gasteiger partial charge in [-0.15, -0.1) is 10.2 Å². The van der Waals surface area contributed by atoms with E-state index in [-0.39, 0.29) is 5.91 Å². The summed E-state index contributed by atoms with van der Waals surface area (Å²) in [5.74, 6) is 0.914. The van der Waals surface area contributed by atoms with Crippen molar-refractivity contribution in [3.05, 3.63) is 59.7 Å². The summed E-state index contributed by atoms with van der Waals surface area (Å²) < 4.78 is 7.66. The van der Waals surface area contributed by atoms with Crippen molar-refractivity contribution >= 4 is 5.91 Å². The lowest BCUT2D eigenvalue weighted by Crippen LogP contribution is -2.24. The fraction of sp³-hybridized carbons (Fsp3) is 0.278. The first-order chi connectivity index (χ1) is 11.6. The number of carbonyl (C=O) groups is 1. The zero-order valence-electron chi connectivity index (χ0n) is 13.8. The lowest BCUT2D eigenvalue weighted by Gasteiger charge is -2.06. The maximum absolute atomic E-state index is 12.0. The van der Waals surface area contributed by atoms with Crippen molar-refractivity contribution in [2.45, 2.75) is 26.3 Å². The molecule has 0 fully saturated rings. The highest BCUT2D eigenvalue weighted by atomic mass is 16.4. The summed E-state index contributed by atoms with van der Waals surface area (Å²) in [4.78, 5) is 12.0. The normalized spacial score (nSPS) is 10.8. The monoisotopic (exact) mass is 324 g/mol. The molecule has 6 nitrogen and oxygen atoms in total. The van der Waals surface area contributed by atoms with Gasteiger partial charge in [0.25, 0.3) is 0 Å². The molecule has 0 aliphatic heterocycles. The average Bonchev–Trinajstić information content (AvgIpc) is 3.20. The number of benzene rings is 1. The molecule has 0 unspecified atom stereocenters. The van der Waals surface area contributed by atoms with Gasteiger partial charge in [-0.3, -0.25) is 4.79 Å². The second-order valence-electron chi connectivity index (χ2n) is 5.67. The molecule has 0 saturated heterocycles. The first kappa shape index (κ1) is 16.0. The number of amides is 1. The number of aryl methyl sites for hydroxylation is 2. The van der Waals surface area contributed by atoms with Gasteiger partial charge in [-0.1, -0.05) is 18.2 Å². The Kier molecular flexibility index (Phi) is 4.74. The third-order valence-electron chi connectivity index (χ3n) is 4.00. The molecule has 0 aliphatic rings. The highest BCUT2D eigenvalue weighted by Crippen LogP contribution is 2.17. The van der Waals surface area contributed by atoms with Gasteiger partial charge < -0.3 is 14.3 Å². The average molecular weight is 324 g/mol. The third-order valence-corrected chi connectivity index (χ3v) is 4.00. The highest BCUT2D eigenvalue weighted by Gasteiger charge is 2.10. The maximum atomic E-state index is 12.0. The molecule has 0 saturated carbocycles. The van der Waals surface area contributed by atoms with Gasteiger partial charge in [0.2, 0.25) is 17.7 Å². The van der Waals surface area contributed by atoms with E-state index in [4.69, 9.17) is 4.42 Å². The minimum atomic E-state index is -0.0340. The van der Waals surface area contributed by atoms with Crippen LogP contribution >= 0.6 is 0 Å². The van der Waals surface area contributed by atoms with Crippen molar-refractivity contribution in [3.63, 3.8) is 0 Å². The van der Waals surface area contributed by atoms with Crippen molar-refractivity contribution in [2.24, 2.45) is 7.05 Å². The predicted octanol–water partition coefficient (Wildman–Crippen LogP) is 2.63. The van der Waals surface area contributed by atoms with E-state index in [2.05, 4.69) is 20.1 Å². The summed E-state index contributed by atoms with van der Waals surface area (Å²) in [6.45, 7) is 2.55. The van der Waals surface area contributed by atoms with Gasteiger partial charge >= 0.3 is 0 Å². The van der Waals surface area contributed by atoms with Gasteiger partial charge in [-0.25, -0.2) is 0 Å². The van der Waals surface area contributed by atoms with E-state index in [1.54, 1.807) is 0 Å². The van der Waals surface area contributed by atoms with E-state index in [0.717, 1.165) is 11.3 Å². The molecule has 3 rings (SSSR count). The number of carbonyl (C=O) groups excluding carboxylic acids is 1. The number of aromatic nitrogens is 3. The minimum absolute atomic E-state index is 0.0340. The Morgan fingerprint density at radius 2 is 1.96 bits per heavy atom. The zero-order valence-corrected chi connectivity index (χ0v) is 13.8. The Morgan fingerprint density at radius 1 is 1.17 bits per heavy atom. The fourth-order valence-corrected chi connectivity index (χ4v) is 2.39. The lowest BCUT2D eigenvalue weighted by atomic mass is 10.2. The second kappa shape index (κ2) is 7.12. The summed E-state index contributed by atoms with van der Waals surface area (Å²) in [5, 5.41) is 10.9. The number of nitrogens with one attached hydrogen (secondary N) is 1. The standard InChI is InChI=1S/C18H20N4O2/c1-13-8-9-15(22(13)2)12-19-16(23)10-11-17-20-21-18(24-17)14-6-4-3-5-7-14/h3-9H,10-12H2,1-2H3,(H,19,23). The molecule has 0 aliphatic carbocycles. The lowest BCUT2D eigenvalue weighted by molar-refractivity contribution is -0.121. The maximum Gasteiger partial charge on any atom is 0.247 e. The van der Waals surface area contributed by atoms with Gasteiger partial charge in [-0.05, 0) is 31.2 Å². The van der Waals surface area contributed by atoms with Crippen LogP contribution in [-0.2, 0) is 24.8 Å². The van der Waals surface area contributed by atoms with E-state index < -0.39 is 0 Å². The molecule has 1 amide bonds. The molecule has 3 aromatic rings. The van der Waals surface area contributed by atoms with Crippen molar-refractivity contribution in [1.82, 2.24) is 20.1 Å². The first-order valence-electron chi connectivity index (χ1n) is 7.89. The molecule has 124 valence electrons. The van der Waals surface area contributed by atoms with Gasteiger partial charge in [-0.2, -0.15) is 0 Å². The van der Waals surface area contributed by atoms with Crippen LogP contribution in [0.4, 0.5) is 0 Å². The largest absolute Gasteiger partial charge is 0.421 e. The topological polar surface area (TPSA) is 73.0 Å². The molecule has 1 N–H and O–H groups in total. The highest BCUT2D eigenvalue weighted by molar-refractivity contribution is 5.76. The quantitative estimate of drug-likeness (QED) is 0.756. The molecule has 0 radical (unpaired) electrons. The van der Waals surface area contributed by atoms with Crippen LogP contribution in [0.1, 0.15) is 23.7 Å². The summed E-state index contributed by atoms with van der Waals surface area (Å²) in [5.41, 5.74) is 3.11. The SMILES string of the molecule is Cc1ccc(CNC(=O)CCc2nnc(-c3ccccc3)o2)n1C. The summed E-state index contributed by atoms with van der Waals surface area (Å²) in [6.07, 6.45) is 0.748. The number of hydrogen-bond acceptors (Lipinski definition) is 4. The predicted molar refractivity (Wildman–Crippen MR) is 90.1 cm³/mol. The fourth-order valence-electron chi connectivity index (χ4n) is 2.39. The smallest absolute Gasteiger partial charge is 0.247 e. The molecule has 1 aromatic carbocycles. The minimum Gasteiger partial charge on any atom is -0.421 e. The van der Waals surface area contributed by atoms with Crippen molar-refractivity contribution in [3.8, 4) is 11.5 Å². The van der Waals surface area contributed by atoms with Crippen LogP contribution in [0.25, 0.3) is 11.5 Å². The molecular formula is C18H20N4O2. The summed E-state index contributed by atoms with van der Waals surface area (Å²) in [6, 6.07) is 13.6. The van der Waals surface area contributed by atoms with Gasteiger partial charge in [0.1, 0.15) is 0 Å². The molecule has 24 heavy (non-hydrogen) atoms. The zero-order chi connectivity index (χ0) is 16.9. The molecule has 6 heteroatoms. The van der Waals surface area contributed by atoms with Crippen LogP contribution in [0.15, 0.2) is 46.9 Å². The van der Waals surface area contributed by atoms with E-state index in [0.29, 0.717) is 31.2 Å². The third kappa shape index (κ3) is 3.71. The molecule has 0 spiro atoms. The van der Waals surface area contributed by atoms with Crippen molar-refractivity contribution in [1.29, 1.82) is 0 Å². The molecule has 2 aromatic heterocycles. The molecule has 0 atom stereocenters. The van der Waals surface area contributed by atoms with Crippen LogP contribution in [0.2, 0.25) is 0 Å². The van der Waals surface area contributed by atoms with Crippen LogP contribution in [0.5, 0.6) is 0 Å². The van der Waals surface area contributed by atoms with E-state index in [1.165, 1.54) is 5.69 Å². The van der Waals surface area contributed by atoms with E-state index in [1.807, 2.05) is 56.4 Å². The van der Waals surface area contributed by atoms with Crippen molar-refractivity contribution in [2.75, 3.05) is 0 Å². The van der Waals surface area contributed by atoms with Crippen LogP contribution in [-0.4, -0.2) is 20.7 Å². The van der Waals surface area contributed by atoms with E-state index >= 15 is 0 Å². The van der Waals surface area contributed by atoms with Gasteiger partial charge in [0.15, 0.2) is 0 Å². The summed E-state index contributed by atoms with van der Waals surface area (Å²) in [7, 11) is 1.99. The Bertz CT molecular complexity index is 821. The Balaban J connectivity index is 1.50. The summed E-state index contributed by atoms with van der Waals surface area (Å²) >= 11 is 0. The second-order valence-corrected chi connectivity index (χ2v) is 5.67. The van der Waals surface area contributed by atoms with Crippen LogP contribution in [0, 0.1) is 6.92 Å². The number of nitrogens with zero attached hydrogens (tertiary/aromatic N) is 3.